The Morgan fingerprint density at radius 2 is 1.97 bits per heavy atom. The van der Waals surface area contributed by atoms with Crippen molar-refractivity contribution in [2.75, 3.05) is 7.11 Å². The topological polar surface area (TPSA) is 107 Å². The van der Waals surface area contributed by atoms with Gasteiger partial charge in [-0.15, -0.1) is 0 Å². The van der Waals surface area contributed by atoms with Gasteiger partial charge in [-0.1, -0.05) is 12.2 Å². The van der Waals surface area contributed by atoms with Crippen LogP contribution in [0, 0.1) is 0 Å². The van der Waals surface area contributed by atoms with Crippen LogP contribution in [0.5, 0.6) is 11.5 Å². The molecule has 1 aromatic carbocycles. The lowest BCUT2D eigenvalue weighted by molar-refractivity contribution is -0.153. The summed E-state index contributed by atoms with van der Waals surface area (Å²) in [4.78, 5) is 12.8. The van der Waals surface area contributed by atoms with Gasteiger partial charge in [0.15, 0.2) is 5.79 Å². The summed E-state index contributed by atoms with van der Waals surface area (Å²) in [6, 6.07) is 3.06. The first-order valence-electron chi connectivity index (χ1n) is 10.2. The predicted octanol–water partition coefficient (Wildman–Crippen LogP) is 2.62. The van der Waals surface area contributed by atoms with E-state index in [0.29, 0.717) is 24.2 Å². The molecule has 164 valence electrons. The van der Waals surface area contributed by atoms with Gasteiger partial charge in [-0.25, -0.2) is 4.79 Å². The number of hydrogen-bond donors (Lipinski definition) is 2. The Kier molecular flexibility index (Phi) is 5.52. The number of carbonyl (C=O) groups is 1. The molecule has 6 atom stereocenters. The third-order valence-corrected chi connectivity index (χ3v) is 5.58. The van der Waals surface area contributed by atoms with Crippen LogP contribution in [0.25, 0.3) is 0 Å². The van der Waals surface area contributed by atoms with Crippen LogP contribution >= 0.6 is 0 Å². The molecule has 2 saturated heterocycles. The Bertz CT molecular complexity index is 848. The van der Waals surface area contributed by atoms with E-state index in [0.717, 1.165) is 0 Å². The second kappa shape index (κ2) is 7.85. The number of aliphatic hydroxyl groups is 1. The number of hydrogen-bond acceptors (Lipinski definition) is 8. The van der Waals surface area contributed by atoms with E-state index < -0.39 is 36.2 Å². The molecule has 0 bridgehead atoms. The van der Waals surface area contributed by atoms with E-state index in [9.17, 15) is 15.0 Å². The quantitative estimate of drug-likeness (QED) is 0.406. The summed E-state index contributed by atoms with van der Waals surface area (Å²) in [5.74, 6) is -1.25. The second-order valence-electron chi connectivity index (χ2n) is 8.45. The van der Waals surface area contributed by atoms with Gasteiger partial charge in [0.2, 0.25) is 0 Å². The van der Waals surface area contributed by atoms with E-state index in [2.05, 4.69) is 0 Å². The zero-order valence-corrected chi connectivity index (χ0v) is 17.5. The Labute approximate surface area is 175 Å². The fraction of sp³-hybridized carbons (Fsp3) is 0.591. The largest absolute Gasteiger partial charge is 0.507 e. The zero-order valence-electron chi connectivity index (χ0n) is 17.5. The smallest absolute Gasteiger partial charge is 0.342 e. The van der Waals surface area contributed by atoms with Crippen LogP contribution in [0.2, 0.25) is 0 Å². The fourth-order valence-electron chi connectivity index (χ4n) is 4.15. The van der Waals surface area contributed by atoms with Crippen molar-refractivity contribution in [1.29, 1.82) is 0 Å². The van der Waals surface area contributed by atoms with Gasteiger partial charge >= 0.3 is 5.97 Å². The number of epoxide rings is 1. The summed E-state index contributed by atoms with van der Waals surface area (Å²) in [5.41, 5.74) is 0.591. The minimum atomic E-state index is -0.865. The highest BCUT2D eigenvalue weighted by Crippen LogP contribution is 2.48. The molecule has 30 heavy (non-hydrogen) atoms. The van der Waals surface area contributed by atoms with Gasteiger partial charge in [-0.3, -0.25) is 0 Å². The van der Waals surface area contributed by atoms with Crippen molar-refractivity contribution in [3.8, 4) is 11.5 Å². The normalized spacial score (nSPS) is 36.5. The van der Waals surface area contributed by atoms with E-state index in [1.165, 1.54) is 13.2 Å². The highest BCUT2D eigenvalue weighted by Gasteiger charge is 2.51. The van der Waals surface area contributed by atoms with Crippen LogP contribution in [0.15, 0.2) is 24.3 Å². The van der Waals surface area contributed by atoms with Crippen LogP contribution in [-0.2, 0) is 18.9 Å². The van der Waals surface area contributed by atoms with Crippen molar-refractivity contribution < 1.29 is 38.7 Å². The maximum absolute atomic E-state index is 12.8. The molecule has 1 aromatic rings. The van der Waals surface area contributed by atoms with Gasteiger partial charge in [-0.2, -0.15) is 0 Å². The fourth-order valence-corrected chi connectivity index (χ4v) is 4.15. The second-order valence-corrected chi connectivity index (χ2v) is 8.45. The lowest BCUT2D eigenvalue weighted by Crippen LogP contribution is -2.35. The van der Waals surface area contributed by atoms with E-state index >= 15 is 0 Å². The molecule has 0 amide bonds. The zero-order chi connectivity index (χ0) is 21.6. The average Bonchev–Trinajstić information content (AvgIpc) is 3.35. The van der Waals surface area contributed by atoms with Crippen LogP contribution in [0.3, 0.4) is 0 Å². The van der Waals surface area contributed by atoms with Crippen LogP contribution < -0.4 is 4.74 Å². The Balaban J connectivity index is 1.70. The Hall–Kier alpha value is -2.13. The molecule has 0 saturated carbocycles. The van der Waals surface area contributed by atoms with Gasteiger partial charge in [0.05, 0.1) is 19.3 Å². The summed E-state index contributed by atoms with van der Waals surface area (Å²) < 4.78 is 28.6. The van der Waals surface area contributed by atoms with E-state index in [1.807, 2.05) is 13.8 Å². The summed E-state index contributed by atoms with van der Waals surface area (Å²) in [7, 11) is 1.49. The molecule has 0 radical (unpaired) electrons. The van der Waals surface area contributed by atoms with Crippen molar-refractivity contribution in [2.24, 2.45) is 0 Å². The summed E-state index contributed by atoms with van der Waals surface area (Å²) in [5, 5.41) is 21.1. The van der Waals surface area contributed by atoms with E-state index in [4.69, 9.17) is 23.7 Å². The predicted molar refractivity (Wildman–Crippen MR) is 105 cm³/mol. The summed E-state index contributed by atoms with van der Waals surface area (Å²) in [6.07, 6.45) is 1.33. The number of cyclic esters (lactones) is 1. The number of esters is 1. The van der Waals surface area contributed by atoms with Crippen molar-refractivity contribution in [3.63, 3.8) is 0 Å². The van der Waals surface area contributed by atoms with Gasteiger partial charge in [0.25, 0.3) is 0 Å². The molecule has 0 aliphatic carbocycles. The molecule has 0 spiro atoms. The van der Waals surface area contributed by atoms with Crippen molar-refractivity contribution in [3.05, 3.63) is 35.4 Å². The monoisotopic (exact) mass is 420 g/mol. The highest BCUT2D eigenvalue weighted by molar-refractivity contribution is 5.95. The first-order chi connectivity index (χ1) is 14.2. The molecule has 8 nitrogen and oxygen atoms in total. The van der Waals surface area contributed by atoms with E-state index in [-0.39, 0.29) is 23.5 Å². The molecular formula is C22H28O8. The van der Waals surface area contributed by atoms with Gasteiger partial charge in [0.1, 0.15) is 41.5 Å². The number of phenolic OH excluding ortho intramolecular Hbond substituents is 1. The summed E-state index contributed by atoms with van der Waals surface area (Å²) in [6.45, 7) is 5.36. The minimum absolute atomic E-state index is 0.0803. The molecule has 8 heteroatoms. The number of aliphatic hydroxyl groups excluding tert-OH is 1. The molecule has 3 heterocycles. The molecule has 0 unspecified atom stereocenters. The number of methoxy groups -OCH3 is 1. The molecule has 0 aromatic heterocycles. The Morgan fingerprint density at radius 1 is 1.20 bits per heavy atom. The molecule has 3 aliphatic heterocycles. The molecular weight excluding hydrogens is 392 g/mol. The van der Waals surface area contributed by atoms with Crippen LogP contribution in [0.4, 0.5) is 0 Å². The number of rotatable bonds is 1. The third kappa shape index (κ3) is 4.18. The maximum Gasteiger partial charge on any atom is 0.342 e. The number of aromatic hydroxyl groups is 1. The summed E-state index contributed by atoms with van der Waals surface area (Å²) >= 11 is 0. The third-order valence-electron chi connectivity index (χ3n) is 5.58. The van der Waals surface area contributed by atoms with Crippen LogP contribution in [-0.4, -0.2) is 59.6 Å². The number of carbonyl (C=O) groups excluding carboxylic acids is 1. The highest BCUT2D eigenvalue weighted by atomic mass is 16.8. The first-order valence-corrected chi connectivity index (χ1v) is 10.2. The molecule has 2 fully saturated rings. The Morgan fingerprint density at radius 3 is 2.70 bits per heavy atom. The van der Waals surface area contributed by atoms with Crippen molar-refractivity contribution >= 4 is 5.97 Å². The first kappa shape index (κ1) is 21.1. The standard InChI is InChI=1S/C22H28O8/c1-11-6-5-7-14(23)20-17(29-22(2,3)30-20)10-16-19(28-16)13-8-12(26-4)9-15(24)18(13)21(25)27-11/h5,7-9,11,14,16-17,19-20,23-24H,6,10H2,1-4H3/b7-5+/t11-,14-,16+,17-,19+,20+/m0/s1. The molecule has 2 N–H and O–H groups in total. The van der Waals surface area contributed by atoms with Crippen molar-refractivity contribution in [1.82, 2.24) is 0 Å². The molecule has 3 aliphatic rings. The number of benzene rings is 1. The van der Waals surface area contributed by atoms with Gasteiger partial charge in [0, 0.05) is 24.5 Å². The maximum atomic E-state index is 12.8. The lowest BCUT2D eigenvalue weighted by Gasteiger charge is -2.20. The van der Waals surface area contributed by atoms with Gasteiger partial charge in [-0.05, 0) is 26.8 Å². The number of fused-ring (bicyclic) bond motifs is 4. The van der Waals surface area contributed by atoms with Crippen LogP contribution in [0.1, 0.15) is 55.6 Å². The number of ether oxygens (including phenoxy) is 5. The lowest BCUT2D eigenvalue weighted by atomic mass is 9.96. The van der Waals surface area contributed by atoms with Gasteiger partial charge < -0.3 is 33.9 Å². The molecule has 4 rings (SSSR count). The SMILES string of the molecule is COc1cc(O)c2c(c1)[C@H]1O[C@@H]1C[C@@H]1OC(C)(C)O[C@@H]1[C@@H](O)/C=C/C[C@H](C)OC2=O. The van der Waals surface area contributed by atoms with Crippen molar-refractivity contribution in [2.45, 2.75) is 76.0 Å². The number of phenols is 1. The average molecular weight is 420 g/mol. The van der Waals surface area contributed by atoms with E-state index in [1.54, 1.807) is 25.1 Å². The minimum Gasteiger partial charge on any atom is -0.507 e.